The third-order valence-corrected chi connectivity index (χ3v) is 5.90. The molecule has 0 spiro atoms. The molecule has 1 aromatic carbocycles. The Morgan fingerprint density at radius 3 is 1.94 bits per heavy atom. The highest BCUT2D eigenvalue weighted by Crippen LogP contribution is 2.43. The number of halogens is 3. The second kappa shape index (κ2) is 9.22. The van der Waals surface area contributed by atoms with E-state index in [1.54, 1.807) is 12.1 Å². The number of pyridine rings is 3. The molecule has 0 aliphatic carbocycles. The summed E-state index contributed by atoms with van der Waals surface area (Å²) in [7, 11) is -3.61. The molecule has 0 radical (unpaired) electrons. The van der Waals surface area contributed by atoms with E-state index in [2.05, 4.69) is 19.7 Å². The lowest BCUT2D eigenvalue weighted by atomic mass is 9.67. The predicted octanol–water partition coefficient (Wildman–Crippen LogP) is 4.24. The predicted molar refractivity (Wildman–Crippen MR) is 121 cm³/mol. The van der Waals surface area contributed by atoms with Crippen molar-refractivity contribution in [3.8, 4) is 0 Å². The fourth-order valence-electron chi connectivity index (χ4n) is 3.99. The summed E-state index contributed by atoms with van der Waals surface area (Å²) in [6.07, 6.45) is 3.41. The second-order valence-corrected chi connectivity index (χ2v) is 9.41. The van der Waals surface area contributed by atoms with Gasteiger partial charge < -0.3 is 0 Å². The topological polar surface area (TPSA) is 84.8 Å². The SMILES string of the molecule is CS(=O)(=O)Nc1cccc(CC(c2ccc(F)cc2)(c2cccnc2F)c2cccnc2F)n1. The second-order valence-electron chi connectivity index (χ2n) is 7.66. The van der Waals surface area contributed by atoms with E-state index < -0.39 is 33.2 Å². The summed E-state index contributed by atoms with van der Waals surface area (Å²) in [5.74, 6) is -2.17. The Hall–Kier alpha value is -3.79. The van der Waals surface area contributed by atoms with Gasteiger partial charge in [-0.3, -0.25) is 4.72 Å². The number of rotatable bonds is 7. The first-order valence-corrected chi connectivity index (χ1v) is 12.0. The van der Waals surface area contributed by atoms with Crippen molar-refractivity contribution in [2.45, 2.75) is 11.8 Å². The van der Waals surface area contributed by atoms with E-state index in [4.69, 9.17) is 0 Å². The van der Waals surface area contributed by atoms with Crippen LogP contribution in [0.5, 0.6) is 0 Å². The van der Waals surface area contributed by atoms with Gasteiger partial charge >= 0.3 is 0 Å². The minimum absolute atomic E-state index is 0.0248. The average molecular weight is 485 g/mol. The van der Waals surface area contributed by atoms with Crippen LogP contribution in [-0.4, -0.2) is 29.6 Å². The highest BCUT2D eigenvalue weighted by Gasteiger charge is 2.42. The molecule has 3 heterocycles. The molecule has 0 atom stereocenters. The summed E-state index contributed by atoms with van der Waals surface area (Å²) < 4.78 is 69.9. The first-order chi connectivity index (χ1) is 16.2. The van der Waals surface area contributed by atoms with Gasteiger partial charge in [-0.05, 0) is 42.0 Å². The monoisotopic (exact) mass is 484 g/mol. The number of hydrogen-bond acceptors (Lipinski definition) is 5. The van der Waals surface area contributed by atoms with E-state index in [0.29, 0.717) is 11.3 Å². The van der Waals surface area contributed by atoms with Crippen LogP contribution in [0.15, 0.2) is 79.1 Å². The zero-order valence-electron chi connectivity index (χ0n) is 17.9. The largest absolute Gasteiger partial charge is 0.268 e. The van der Waals surface area contributed by atoms with Crippen molar-refractivity contribution in [3.63, 3.8) is 0 Å². The zero-order chi connectivity index (χ0) is 24.3. The summed E-state index contributed by atoms with van der Waals surface area (Å²) >= 11 is 0. The molecule has 0 amide bonds. The molecule has 0 saturated heterocycles. The molecule has 4 aromatic rings. The third kappa shape index (κ3) is 4.76. The van der Waals surface area contributed by atoms with Gasteiger partial charge in [-0.25, -0.2) is 27.8 Å². The minimum Gasteiger partial charge on any atom is -0.268 e. The van der Waals surface area contributed by atoms with Crippen molar-refractivity contribution in [2.24, 2.45) is 0 Å². The smallest absolute Gasteiger partial charge is 0.230 e. The van der Waals surface area contributed by atoms with Crippen LogP contribution in [0.4, 0.5) is 19.0 Å². The van der Waals surface area contributed by atoms with Gasteiger partial charge in [0.05, 0.1) is 11.7 Å². The van der Waals surface area contributed by atoms with Crippen LogP contribution in [-0.2, 0) is 21.9 Å². The van der Waals surface area contributed by atoms with Crippen LogP contribution >= 0.6 is 0 Å². The maximum absolute atomic E-state index is 15.2. The first-order valence-electron chi connectivity index (χ1n) is 10.1. The molecule has 174 valence electrons. The van der Waals surface area contributed by atoms with Crippen molar-refractivity contribution in [2.75, 3.05) is 11.0 Å². The fraction of sp³-hybridized carbons (Fsp3) is 0.125. The molecule has 0 aliphatic rings. The quantitative estimate of drug-likeness (QED) is 0.397. The number of benzene rings is 1. The van der Waals surface area contributed by atoms with E-state index in [0.717, 1.165) is 6.26 Å². The molecule has 0 unspecified atom stereocenters. The van der Waals surface area contributed by atoms with Gasteiger partial charge in [0, 0.05) is 35.6 Å². The van der Waals surface area contributed by atoms with Crippen LogP contribution in [0.3, 0.4) is 0 Å². The average Bonchev–Trinajstić information content (AvgIpc) is 2.78. The highest BCUT2D eigenvalue weighted by atomic mass is 32.2. The summed E-state index contributed by atoms with van der Waals surface area (Å²) in [5.41, 5.74) is -0.810. The number of nitrogens with one attached hydrogen (secondary N) is 1. The third-order valence-electron chi connectivity index (χ3n) is 5.32. The van der Waals surface area contributed by atoms with Crippen molar-refractivity contribution in [3.05, 3.63) is 119 Å². The molecule has 10 heteroatoms. The lowest BCUT2D eigenvalue weighted by Crippen LogP contribution is -2.35. The Kier molecular flexibility index (Phi) is 6.34. The number of aromatic nitrogens is 3. The van der Waals surface area contributed by atoms with Gasteiger partial charge in [0.15, 0.2) is 0 Å². The van der Waals surface area contributed by atoms with Crippen LogP contribution in [0.25, 0.3) is 0 Å². The zero-order valence-corrected chi connectivity index (χ0v) is 18.7. The van der Waals surface area contributed by atoms with E-state index in [-0.39, 0.29) is 23.4 Å². The van der Waals surface area contributed by atoms with E-state index in [1.807, 2.05) is 0 Å². The molecule has 1 N–H and O–H groups in total. The molecular formula is C24H19F3N4O2S. The first kappa shape index (κ1) is 23.4. The summed E-state index contributed by atoms with van der Waals surface area (Å²) in [4.78, 5) is 11.9. The fourth-order valence-corrected chi connectivity index (χ4v) is 4.48. The molecular weight excluding hydrogens is 465 g/mol. The lowest BCUT2D eigenvalue weighted by molar-refractivity contribution is 0.476. The Labute approximate surface area is 194 Å². The van der Waals surface area contributed by atoms with Gasteiger partial charge in [0.1, 0.15) is 11.6 Å². The van der Waals surface area contributed by atoms with Crippen LogP contribution in [0, 0.1) is 17.7 Å². The van der Waals surface area contributed by atoms with Gasteiger partial charge in [-0.1, -0.05) is 30.3 Å². The molecule has 0 saturated carbocycles. The van der Waals surface area contributed by atoms with Crippen LogP contribution < -0.4 is 4.72 Å². The van der Waals surface area contributed by atoms with Crippen molar-refractivity contribution >= 4 is 15.8 Å². The highest BCUT2D eigenvalue weighted by molar-refractivity contribution is 7.92. The normalized spacial score (nSPS) is 11.9. The molecule has 34 heavy (non-hydrogen) atoms. The van der Waals surface area contributed by atoms with E-state index in [1.165, 1.54) is 67.0 Å². The number of hydrogen-bond donors (Lipinski definition) is 1. The molecule has 4 rings (SSSR count). The van der Waals surface area contributed by atoms with E-state index in [9.17, 15) is 12.8 Å². The molecule has 0 aliphatic heterocycles. The van der Waals surface area contributed by atoms with Gasteiger partial charge in [-0.2, -0.15) is 8.78 Å². The van der Waals surface area contributed by atoms with Crippen molar-refractivity contribution < 1.29 is 21.6 Å². The summed E-state index contributed by atoms with van der Waals surface area (Å²) in [6.45, 7) is 0. The number of sulfonamides is 1. The van der Waals surface area contributed by atoms with Crippen LogP contribution in [0.1, 0.15) is 22.4 Å². The Morgan fingerprint density at radius 2 is 1.41 bits per heavy atom. The maximum Gasteiger partial charge on any atom is 0.230 e. The molecule has 0 bridgehead atoms. The number of anilines is 1. The molecule has 6 nitrogen and oxygen atoms in total. The Morgan fingerprint density at radius 1 is 0.824 bits per heavy atom. The van der Waals surface area contributed by atoms with Crippen molar-refractivity contribution in [1.82, 2.24) is 15.0 Å². The van der Waals surface area contributed by atoms with E-state index >= 15 is 8.78 Å². The summed E-state index contributed by atoms with van der Waals surface area (Å²) in [5, 5.41) is 0. The van der Waals surface area contributed by atoms with Crippen molar-refractivity contribution in [1.29, 1.82) is 0 Å². The minimum atomic E-state index is -3.61. The molecule has 0 fully saturated rings. The maximum atomic E-state index is 15.2. The Bertz CT molecular complexity index is 1380. The van der Waals surface area contributed by atoms with Gasteiger partial charge in [0.2, 0.25) is 21.9 Å². The standard InChI is InChI=1S/C24H19F3N4O2S/c1-34(32,33)31-21-8-2-5-18(30-21)15-24(16-9-11-17(25)12-10-16,19-6-3-13-28-22(19)26)20-7-4-14-29-23(20)27/h2-14H,15H2,1H3,(H,30,31). The van der Waals surface area contributed by atoms with Gasteiger partial charge in [0.25, 0.3) is 0 Å². The molecule has 3 aromatic heterocycles. The lowest BCUT2D eigenvalue weighted by Gasteiger charge is -2.35. The number of nitrogens with zero attached hydrogens (tertiary/aromatic N) is 3. The van der Waals surface area contributed by atoms with Gasteiger partial charge in [-0.15, -0.1) is 0 Å². The van der Waals surface area contributed by atoms with Crippen LogP contribution in [0.2, 0.25) is 0 Å². The summed E-state index contributed by atoms with van der Waals surface area (Å²) in [6, 6.07) is 15.9. The Balaban J connectivity index is 2.01.